The summed E-state index contributed by atoms with van der Waals surface area (Å²) < 4.78 is 56.7. The number of aromatic amines is 1. The maximum atomic E-state index is 14.1. The number of ether oxygens (including phenoxy) is 2. The van der Waals surface area contributed by atoms with Crippen molar-refractivity contribution in [1.29, 1.82) is 0 Å². The Kier molecular flexibility index (Phi) is 16.0. The normalized spacial score (nSPS) is 13.9. The zero-order valence-corrected chi connectivity index (χ0v) is 40.6. The predicted molar refractivity (Wildman–Crippen MR) is 274 cm³/mol. The summed E-state index contributed by atoms with van der Waals surface area (Å²) in [6, 6.07) is 30.3. The van der Waals surface area contributed by atoms with Crippen molar-refractivity contribution in [2.45, 2.75) is 44.7 Å². The maximum absolute atomic E-state index is 14.1. The standard InChI is InChI=1S/C19H19FN6O2.C18H17FN6O2.C14H13FN6/c1-28-10-8-15(27)17-22-18(24-23-17)16-13-6-4-9-21-19(13)26(25-16)11-12-5-2-3-7-14(12)20;19-13-6-2-1-4-11(13)10-25-17-12(5-3-8-21-17)15(24-25)16(20)22-23-18(26)14-7-9-27-14;15-11-6-2-1-4-9(11)8-21-14-10(5-3-7-18-14)12(20-21)13(16)19-17/h2-7,9,15,27H,8,10-11H2,1H3,(H,22,23,24);1-6,8,14H,7,9-10H2,(H2,20,22)(H,23,26);1-7H,8,17H2,(H2,16,19). The molecular weight excluding hydrogens is 986 g/mol. The molecular formula is C51H49F3N18O4. The molecule has 0 saturated carbocycles. The van der Waals surface area contributed by atoms with Gasteiger partial charge in [-0.2, -0.15) is 30.6 Å². The van der Waals surface area contributed by atoms with Crippen molar-refractivity contribution in [1.82, 2.24) is 64.9 Å². The molecule has 2 atom stereocenters. The first-order valence-electron chi connectivity index (χ1n) is 23.5. The number of nitrogens with two attached hydrogens (primary N) is 3. The van der Waals surface area contributed by atoms with Gasteiger partial charge in [0.1, 0.15) is 46.7 Å². The van der Waals surface area contributed by atoms with Crippen LogP contribution in [0.5, 0.6) is 0 Å². The number of hydrogen-bond donors (Lipinski definition) is 6. The van der Waals surface area contributed by atoms with Gasteiger partial charge in [0.2, 0.25) is 5.82 Å². The highest BCUT2D eigenvalue weighted by Gasteiger charge is 2.27. The number of carbonyl (C=O) groups is 1. The van der Waals surface area contributed by atoms with E-state index >= 15 is 0 Å². The van der Waals surface area contributed by atoms with Crippen LogP contribution in [0.25, 0.3) is 44.6 Å². The minimum atomic E-state index is -0.814. The molecule has 388 valence electrons. The summed E-state index contributed by atoms with van der Waals surface area (Å²) in [6.45, 7) is 1.64. The molecule has 10 aromatic rings. The van der Waals surface area contributed by atoms with Crippen molar-refractivity contribution < 1.29 is 32.5 Å². The van der Waals surface area contributed by atoms with E-state index in [1.807, 2.05) is 12.1 Å². The van der Waals surface area contributed by atoms with Crippen LogP contribution in [0, 0.1) is 17.5 Å². The van der Waals surface area contributed by atoms with E-state index in [1.165, 1.54) is 18.2 Å². The summed E-state index contributed by atoms with van der Waals surface area (Å²) in [5.41, 5.74) is 18.7. The Balaban J connectivity index is 0.000000141. The summed E-state index contributed by atoms with van der Waals surface area (Å²) in [4.78, 5) is 29.2. The van der Waals surface area contributed by atoms with Gasteiger partial charge in [-0.1, -0.05) is 54.6 Å². The van der Waals surface area contributed by atoms with Crippen molar-refractivity contribution >= 4 is 50.7 Å². The number of fused-ring (bicyclic) bond motifs is 3. The van der Waals surface area contributed by atoms with Crippen LogP contribution in [0.2, 0.25) is 0 Å². The lowest BCUT2D eigenvalue weighted by Crippen LogP contribution is -2.41. The Bertz CT molecular complexity index is 3700. The van der Waals surface area contributed by atoms with E-state index in [1.54, 1.807) is 119 Å². The topological polar surface area (TPSA) is 304 Å². The van der Waals surface area contributed by atoms with Crippen molar-refractivity contribution in [3.8, 4) is 11.5 Å². The second-order valence-corrected chi connectivity index (χ2v) is 16.9. The highest BCUT2D eigenvalue weighted by Crippen LogP contribution is 2.27. The molecule has 9 N–H and O–H groups in total. The number of nitrogens with zero attached hydrogens (tertiary/aromatic N) is 13. The second kappa shape index (κ2) is 23.6. The molecule has 1 aliphatic heterocycles. The van der Waals surface area contributed by atoms with E-state index in [9.17, 15) is 23.1 Å². The molecule has 25 heteroatoms. The van der Waals surface area contributed by atoms with E-state index in [4.69, 9.17) is 26.8 Å². The fourth-order valence-electron chi connectivity index (χ4n) is 7.91. The number of methoxy groups -OCH3 is 1. The number of carbonyl (C=O) groups excluding carboxylic acids is 1. The number of benzene rings is 3. The van der Waals surface area contributed by atoms with E-state index in [-0.39, 0.29) is 54.7 Å². The fraction of sp³-hybridized carbons (Fsp3) is 0.196. The summed E-state index contributed by atoms with van der Waals surface area (Å²) in [5.74, 6) is 4.78. The van der Waals surface area contributed by atoms with E-state index in [0.717, 1.165) is 10.8 Å². The van der Waals surface area contributed by atoms with E-state index < -0.39 is 12.2 Å². The van der Waals surface area contributed by atoms with Gasteiger partial charge in [0.15, 0.2) is 34.4 Å². The summed E-state index contributed by atoms with van der Waals surface area (Å²) in [7, 11) is 1.57. The summed E-state index contributed by atoms with van der Waals surface area (Å²) >= 11 is 0. The number of aromatic nitrogens is 12. The number of nitrogens with one attached hydrogen (secondary N) is 2. The molecule has 0 spiro atoms. The number of aliphatic hydroxyl groups is 1. The molecule has 1 saturated heterocycles. The molecule has 1 aliphatic rings. The van der Waals surface area contributed by atoms with Gasteiger partial charge >= 0.3 is 0 Å². The van der Waals surface area contributed by atoms with Crippen molar-refractivity contribution in [3.05, 3.63) is 179 Å². The van der Waals surface area contributed by atoms with Crippen LogP contribution in [0.15, 0.2) is 138 Å². The Labute approximate surface area is 430 Å². The first kappa shape index (κ1) is 51.4. The van der Waals surface area contributed by atoms with E-state index in [0.29, 0.717) is 93.8 Å². The highest BCUT2D eigenvalue weighted by atomic mass is 19.1. The molecule has 2 unspecified atom stereocenters. The number of hydrazone groups is 2. The average Bonchev–Trinajstić information content (AvgIpc) is 4.24. The number of halogens is 3. The third-order valence-corrected chi connectivity index (χ3v) is 11.9. The zero-order chi connectivity index (χ0) is 53.1. The average molecular weight is 1040 g/mol. The number of amidine groups is 2. The molecule has 0 aliphatic carbocycles. The Morgan fingerprint density at radius 1 is 0.737 bits per heavy atom. The van der Waals surface area contributed by atoms with Crippen LogP contribution < -0.4 is 22.7 Å². The molecule has 22 nitrogen and oxygen atoms in total. The summed E-state index contributed by atoms with van der Waals surface area (Å²) in [5, 5.41) is 40.0. The molecule has 3 aromatic carbocycles. The molecule has 0 radical (unpaired) electrons. The molecule has 1 fully saturated rings. The number of rotatable bonds is 15. The molecule has 76 heavy (non-hydrogen) atoms. The Morgan fingerprint density at radius 3 is 1.68 bits per heavy atom. The number of aliphatic hydroxyl groups excluding tert-OH is 1. The SMILES string of the molecule is COCCC(O)c1nc(-c2nn(Cc3ccccc3F)c3ncccc23)n[nH]1.N/C(=N\NC(=O)C1CCO1)c1nn(Cc2ccccc2F)c2ncccc12.N/N=C(\N)c1nn(Cc2ccccc2F)c2ncccc12. The minimum Gasteiger partial charge on any atom is -0.385 e. The third-order valence-electron chi connectivity index (χ3n) is 11.9. The second-order valence-electron chi connectivity index (χ2n) is 16.9. The predicted octanol–water partition coefficient (Wildman–Crippen LogP) is 4.82. The van der Waals surface area contributed by atoms with Gasteiger partial charge in [0.05, 0.1) is 42.4 Å². The monoisotopic (exact) mass is 1030 g/mol. The lowest BCUT2D eigenvalue weighted by atomic mass is 10.2. The van der Waals surface area contributed by atoms with Gasteiger partial charge in [0.25, 0.3) is 5.91 Å². The first-order chi connectivity index (χ1) is 37.0. The Hall–Kier alpha value is -9.46. The van der Waals surface area contributed by atoms with Crippen LogP contribution in [0.4, 0.5) is 13.2 Å². The molecule has 1 amide bonds. The molecule has 8 heterocycles. The quantitative estimate of drug-likeness (QED) is 0.0347. The third kappa shape index (κ3) is 11.5. The van der Waals surface area contributed by atoms with E-state index in [2.05, 4.69) is 61.1 Å². The zero-order valence-electron chi connectivity index (χ0n) is 40.6. The lowest BCUT2D eigenvalue weighted by molar-refractivity contribution is -0.144. The van der Waals surface area contributed by atoms with Crippen LogP contribution in [-0.4, -0.2) is 109 Å². The number of pyridine rings is 3. The van der Waals surface area contributed by atoms with Crippen molar-refractivity contribution in [3.63, 3.8) is 0 Å². The molecule has 7 aromatic heterocycles. The van der Waals surface area contributed by atoms with Gasteiger partial charge in [-0.15, -0.1) is 0 Å². The minimum absolute atomic E-state index is 0.0351. The maximum Gasteiger partial charge on any atom is 0.269 e. The number of amides is 1. The smallest absolute Gasteiger partial charge is 0.269 e. The van der Waals surface area contributed by atoms with Crippen molar-refractivity contribution in [2.24, 2.45) is 27.5 Å². The lowest BCUT2D eigenvalue weighted by Gasteiger charge is -2.23. The fourth-order valence-corrected chi connectivity index (χ4v) is 7.91. The largest absolute Gasteiger partial charge is 0.385 e. The van der Waals surface area contributed by atoms with Gasteiger partial charge in [-0.25, -0.2) is 52.6 Å². The first-order valence-corrected chi connectivity index (χ1v) is 23.5. The number of H-pyrrole nitrogens is 1. The van der Waals surface area contributed by atoms with Crippen LogP contribution in [0.1, 0.15) is 52.8 Å². The molecule has 11 rings (SSSR count). The number of hydrogen-bond acceptors (Lipinski definition) is 15. The Morgan fingerprint density at radius 2 is 1.21 bits per heavy atom. The van der Waals surface area contributed by atoms with Crippen molar-refractivity contribution in [2.75, 3.05) is 20.3 Å². The molecule has 0 bridgehead atoms. The van der Waals surface area contributed by atoms with Gasteiger partial charge in [0, 0.05) is 61.8 Å². The van der Waals surface area contributed by atoms with Gasteiger partial charge < -0.3 is 31.9 Å². The highest BCUT2D eigenvalue weighted by molar-refractivity contribution is 6.07. The van der Waals surface area contributed by atoms with Crippen LogP contribution >= 0.6 is 0 Å². The summed E-state index contributed by atoms with van der Waals surface area (Å²) in [6.07, 6.45) is 4.67. The van der Waals surface area contributed by atoms with Crippen LogP contribution in [-0.2, 0) is 33.9 Å². The van der Waals surface area contributed by atoms with Gasteiger partial charge in [-0.3, -0.25) is 9.89 Å². The van der Waals surface area contributed by atoms with Gasteiger partial charge in [-0.05, 0) is 54.6 Å². The van der Waals surface area contributed by atoms with Crippen LogP contribution in [0.3, 0.4) is 0 Å².